The molecular formula is C12H17NO5S. The molecule has 0 saturated heterocycles. The van der Waals surface area contributed by atoms with E-state index in [1.165, 1.54) is 19.1 Å². The fraction of sp³-hybridized carbons (Fsp3) is 0.417. The first kappa shape index (κ1) is 15.6. The minimum atomic E-state index is -3.84. The molecule has 0 saturated carbocycles. The van der Waals surface area contributed by atoms with Crippen LogP contribution in [0, 0.1) is 0 Å². The number of benzene rings is 1. The van der Waals surface area contributed by atoms with Gasteiger partial charge >= 0.3 is 5.97 Å². The SMILES string of the molecule is CCc1ccc(C(=O)O)cc1S(=O)(=O)N[C@@H](C)CO. The fourth-order valence-corrected chi connectivity index (χ4v) is 3.17. The number of sulfonamides is 1. The highest BCUT2D eigenvalue weighted by atomic mass is 32.2. The van der Waals surface area contributed by atoms with E-state index in [1.54, 1.807) is 6.92 Å². The Bertz CT molecular complexity index is 567. The monoisotopic (exact) mass is 287 g/mol. The lowest BCUT2D eigenvalue weighted by Gasteiger charge is -2.14. The van der Waals surface area contributed by atoms with Gasteiger partial charge in [-0.15, -0.1) is 0 Å². The van der Waals surface area contributed by atoms with Crippen molar-refractivity contribution < 1.29 is 23.4 Å². The molecular weight excluding hydrogens is 270 g/mol. The van der Waals surface area contributed by atoms with Gasteiger partial charge in [-0.1, -0.05) is 13.0 Å². The molecule has 0 radical (unpaired) electrons. The number of hydrogen-bond acceptors (Lipinski definition) is 4. The molecule has 19 heavy (non-hydrogen) atoms. The van der Waals surface area contributed by atoms with Gasteiger partial charge in [-0.2, -0.15) is 0 Å². The maximum atomic E-state index is 12.1. The van der Waals surface area contributed by atoms with Crippen LogP contribution in [0.2, 0.25) is 0 Å². The summed E-state index contributed by atoms with van der Waals surface area (Å²) < 4.78 is 26.6. The van der Waals surface area contributed by atoms with Gasteiger partial charge in [-0.25, -0.2) is 17.9 Å². The van der Waals surface area contributed by atoms with E-state index in [4.69, 9.17) is 10.2 Å². The molecule has 1 aromatic carbocycles. The lowest BCUT2D eigenvalue weighted by Crippen LogP contribution is -2.35. The summed E-state index contributed by atoms with van der Waals surface area (Å²) >= 11 is 0. The summed E-state index contributed by atoms with van der Waals surface area (Å²) in [6, 6.07) is 3.36. The van der Waals surface area contributed by atoms with Crippen LogP contribution >= 0.6 is 0 Å². The first-order valence-electron chi connectivity index (χ1n) is 5.81. The van der Waals surface area contributed by atoms with E-state index in [1.807, 2.05) is 0 Å². The first-order valence-corrected chi connectivity index (χ1v) is 7.29. The molecule has 0 aliphatic carbocycles. The summed E-state index contributed by atoms with van der Waals surface area (Å²) in [6.07, 6.45) is 0.462. The van der Waals surface area contributed by atoms with Gasteiger partial charge in [0.1, 0.15) is 0 Å². The Morgan fingerprint density at radius 2 is 2.05 bits per heavy atom. The quantitative estimate of drug-likeness (QED) is 0.711. The minimum Gasteiger partial charge on any atom is -0.478 e. The summed E-state index contributed by atoms with van der Waals surface area (Å²) in [5.74, 6) is -1.19. The molecule has 7 heteroatoms. The molecule has 6 nitrogen and oxygen atoms in total. The second kappa shape index (κ2) is 6.14. The van der Waals surface area contributed by atoms with Crippen LogP contribution < -0.4 is 4.72 Å². The van der Waals surface area contributed by atoms with E-state index in [2.05, 4.69) is 4.72 Å². The molecule has 0 aliphatic heterocycles. The Balaban J connectivity index is 3.30. The zero-order chi connectivity index (χ0) is 14.6. The second-order valence-electron chi connectivity index (χ2n) is 4.19. The predicted octanol–water partition coefficient (Wildman–Crippen LogP) is 0.606. The summed E-state index contributed by atoms with van der Waals surface area (Å²) in [5.41, 5.74) is 0.442. The molecule has 1 atom stereocenters. The van der Waals surface area contributed by atoms with E-state index < -0.39 is 22.0 Å². The molecule has 3 N–H and O–H groups in total. The third-order valence-electron chi connectivity index (χ3n) is 2.61. The number of aliphatic hydroxyl groups excluding tert-OH is 1. The van der Waals surface area contributed by atoms with Crippen molar-refractivity contribution in [2.45, 2.75) is 31.2 Å². The van der Waals surface area contributed by atoms with Gasteiger partial charge in [0.05, 0.1) is 17.1 Å². The minimum absolute atomic E-state index is 0.0600. The first-order chi connectivity index (χ1) is 8.81. The lowest BCUT2D eigenvalue weighted by molar-refractivity contribution is 0.0696. The molecule has 0 amide bonds. The Kier molecular flexibility index (Phi) is 5.04. The topological polar surface area (TPSA) is 104 Å². The van der Waals surface area contributed by atoms with Gasteiger partial charge in [0.25, 0.3) is 0 Å². The maximum Gasteiger partial charge on any atom is 0.335 e. The van der Waals surface area contributed by atoms with Gasteiger partial charge in [-0.05, 0) is 31.0 Å². The second-order valence-corrected chi connectivity index (χ2v) is 5.87. The number of nitrogens with one attached hydrogen (secondary N) is 1. The number of carboxylic acid groups (broad SMARTS) is 1. The number of rotatable bonds is 6. The Morgan fingerprint density at radius 1 is 1.42 bits per heavy atom. The van der Waals surface area contributed by atoms with Crippen LogP contribution in [0.25, 0.3) is 0 Å². The standard InChI is InChI=1S/C12H17NO5S/c1-3-9-4-5-10(12(15)16)6-11(9)19(17,18)13-8(2)7-14/h4-6,8,13-14H,3,7H2,1-2H3,(H,15,16)/t8-/m0/s1. The Labute approximate surface area is 112 Å². The molecule has 0 heterocycles. The number of carboxylic acids is 1. The highest BCUT2D eigenvalue weighted by molar-refractivity contribution is 7.89. The Morgan fingerprint density at radius 3 is 2.53 bits per heavy atom. The van der Waals surface area contributed by atoms with Crippen LogP contribution in [-0.2, 0) is 16.4 Å². The largest absolute Gasteiger partial charge is 0.478 e. The average Bonchev–Trinajstić information content (AvgIpc) is 2.37. The molecule has 0 bridgehead atoms. The van der Waals surface area contributed by atoms with Crippen molar-refractivity contribution in [2.75, 3.05) is 6.61 Å². The summed E-state index contributed by atoms with van der Waals surface area (Å²) in [6.45, 7) is 2.97. The molecule has 1 aromatic rings. The van der Waals surface area contributed by atoms with E-state index in [0.717, 1.165) is 6.07 Å². The summed E-state index contributed by atoms with van der Waals surface area (Å²) in [4.78, 5) is 10.8. The van der Waals surface area contributed by atoms with Gasteiger partial charge in [0.2, 0.25) is 10.0 Å². The lowest BCUT2D eigenvalue weighted by atomic mass is 10.1. The van der Waals surface area contributed by atoms with E-state index in [9.17, 15) is 13.2 Å². The van der Waals surface area contributed by atoms with Crippen LogP contribution in [0.15, 0.2) is 23.1 Å². The van der Waals surface area contributed by atoms with E-state index in [-0.39, 0.29) is 17.1 Å². The van der Waals surface area contributed by atoms with E-state index in [0.29, 0.717) is 12.0 Å². The van der Waals surface area contributed by atoms with Crippen molar-refractivity contribution in [3.8, 4) is 0 Å². The van der Waals surface area contributed by atoms with Crippen LogP contribution in [-0.4, -0.2) is 37.2 Å². The molecule has 1 rings (SSSR count). The zero-order valence-electron chi connectivity index (χ0n) is 10.8. The number of carbonyl (C=O) groups is 1. The normalized spacial score (nSPS) is 13.2. The van der Waals surface area contributed by atoms with Crippen molar-refractivity contribution in [3.63, 3.8) is 0 Å². The molecule has 0 fully saturated rings. The van der Waals surface area contributed by atoms with Crippen molar-refractivity contribution >= 4 is 16.0 Å². The number of hydrogen-bond donors (Lipinski definition) is 3. The predicted molar refractivity (Wildman–Crippen MR) is 69.6 cm³/mol. The third kappa shape index (κ3) is 3.76. The smallest absolute Gasteiger partial charge is 0.335 e. The van der Waals surface area contributed by atoms with Gasteiger partial charge in [0, 0.05) is 6.04 Å². The molecule has 0 spiro atoms. The third-order valence-corrected chi connectivity index (χ3v) is 4.29. The van der Waals surface area contributed by atoms with Crippen molar-refractivity contribution in [1.29, 1.82) is 0 Å². The number of aryl methyl sites for hydroxylation is 1. The van der Waals surface area contributed by atoms with Crippen molar-refractivity contribution in [1.82, 2.24) is 4.72 Å². The number of aromatic carboxylic acids is 1. The fourth-order valence-electron chi connectivity index (χ4n) is 1.60. The Hall–Kier alpha value is -1.44. The van der Waals surface area contributed by atoms with Gasteiger partial charge < -0.3 is 10.2 Å². The number of aliphatic hydroxyl groups is 1. The van der Waals surface area contributed by atoms with Crippen molar-refractivity contribution in [3.05, 3.63) is 29.3 Å². The average molecular weight is 287 g/mol. The van der Waals surface area contributed by atoms with E-state index >= 15 is 0 Å². The van der Waals surface area contributed by atoms with Crippen LogP contribution in [0.4, 0.5) is 0 Å². The maximum absolute atomic E-state index is 12.1. The van der Waals surface area contributed by atoms with Crippen LogP contribution in [0.5, 0.6) is 0 Å². The zero-order valence-corrected chi connectivity index (χ0v) is 11.6. The van der Waals surface area contributed by atoms with Gasteiger partial charge in [0.15, 0.2) is 0 Å². The van der Waals surface area contributed by atoms with Gasteiger partial charge in [-0.3, -0.25) is 0 Å². The van der Waals surface area contributed by atoms with Crippen LogP contribution in [0.1, 0.15) is 29.8 Å². The summed E-state index contributed by atoms with van der Waals surface area (Å²) in [5, 5.41) is 17.8. The molecule has 106 valence electrons. The molecule has 0 unspecified atom stereocenters. The summed E-state index contributed by atoms with van der Waals surface area (Å²) in [7, 11) is -3.84. The molecule has 0 aromatic heterocycles. The van der Waals surface area contributed by atoms with Crippen molar-refractivity contribution in [2.24, 2.45) is 0 Å². The highest BCUT2D eigenvalue weighted by Crippen LogP contribution is 2.19. The van der Waals surface area contributed by atoms with Crippen LogP contribution in [0.3, 0.4) is 0 Å². The highest BCUT2D eigenvalue weighted by Gasteiger charge is 2.21. The molecule has 0 aliphatic rings.